The number of piperazine rings is 1. The van der Waals surface area contributed by atoms with Gasteiger partial charge in [0.1, 0.15) is 11.6 Å². The lowest BCUT2D eigenvalue weighted by Crippen LogP contribution is -2.51. The van der Waals surface area contributed by atoms with Gasteiger partial charge in [0.15, 0.2) is 0 Å². The van der Waals surface area contributed by atoms with Gasteiger partial charge in [0.2, 0.25) is 5.91 Å². The van der Waals surface area contributed by atoms with Crippen LogP contribution in [0.5, 0.6) is 5.75 Å². The highest BCUT2D eigenvalue weighted by Crippen LogP contribution is 2.22. The van der Waals surface area contributed by atoms with Crippen molar-refractivity contribution in [2.45, 2.75) is 0 Å². The number of nitrogens with zero attached hydrogens (tertiary/aromatic N) is 2. The van der Waals surface area contributed by atoms with Gasteiger partial charge in [-0.25, -0.2) is 4.39 Å². The summed E-state index contributed by atoms with van der Waals surface area (Å²) < 4.78 is 18.2. The van der Waals surface area contributed by atoms with Crippen LogP contribution in [0.4, 0.5) is 10.1 Å². The zero-order chi connectivity index (χ0) is 19.2. The third-order valence-corrected chi connectivity index (χ3v) is 4.56. The Labute approximate surface area is 157 Å². The fourth-order valence-electron chi connectivity index (χ4n) is 2.99. The zero-order valence-electron chi connectivity index (χ0n) is 15.2. The summed E-state index contributed by atoms with van der Waals surface area (Å²) in [4.78, 5) is 28.3. The number of halogens is 1. The summed E-state index contributed by atoms with van der Waals surface area (Å²) in [5, 5.41) is 2.59. The fraction of sp³-hybridized carbons (Fsp3) is 0.300. The second-order valence-corrected chi connectivity index (χ2v) is 6.26. The van der Waals surface area contributed by atoms with Crippen molar-refractivity contribution in [2.24, 2.45) is 0 Å². The number of rotatable bonds is 5. The molecule has 6 nitrogen and oxygen atoms in total. The smallest absolute Gasteiger partial charge is 0.251 e. The first-order valence-corrected chi connectivity index (χ1v) is 8.77. The van der Waals surface area contributed by atoms with Gasteiger partial charge in [-0.2, -0.15) is 0 Å². The van der Waals surface area contributed by atoms with Gasteiger partial charge >= 0.3 is 0 Å². The summed E-state index contributed by atoms with van der Waals surface area (Å²) in [5.41, 5.74) is 1.39. The summed E-state index contributed by atoms with van der Waals surface area (Å²) >= 11 is 0. The number of hydrogen-bond donors (Lipinski definition) is 1. The van der Waals surface area contributed by atoms with Crippen molar-refractivity contribution in [2.75, 3.05) is 44.7 Å². The molecule has 1 aliphatic heterocycles. The van der Waals surface area contributed by atoms with Crippen molar-refractivity contribution in [1.82, 2.24) is 10.2 Å². The molecule has 0 radical (unpaired) electrons. The largest absolute Gasteiger partial charge is 0.497 e. The van der Waals surface area contributed by atoms with Crippen molar-refractivity contribution in [3.05, 3.63) is 59.9 Å². The first-order valence-electron chi connectivity index (χ1n) is 8.77. The summed E-state index contributed by atoms with van der Waals surface area (Å²) in [6.07, 6.45) is 0. The van der Waals surface area contributed by atoms with Crippen LogP contribution in [0.1, 0.15) is 10.4 Å². The van der Waals surface area contributed by atoms with Gasteiger partial charge in [0.05, 0.1) is 13.7 Å². The van der Waals surface area contributed by atoms with Crippen LogP contribution in [0.3, 0.4) is 0 Å². The molecule has 0 atom stereocenters. The quantitative estimate of drug-likeness (QED) is 0.872. The SMILES string of the molecule is COc1cccc(N2CCN(C(=O)CNC(=O)c3ccc(F)cc3)CC2)c1. The molecule has 1 heterocycles. The first kappa shape index (κ1) is 18.7. The Kier molecular flexibility index (Phi) is 5.90. The van der Waals surface area contributed by atoms with E-state index < -0.39 is 11.7 Å². The Bertz CT molecular complexity index is 802. The topological polar surface area (TPSA) is 61.9 Å². The van der Waals surface area contributed by atoms with Crippen molar-refractivity contribution in [1.29, 1.82) is 0 Å². The van der Waals surface area contributed by atoms with Crippen LogP contribution < -0.4 is 15.0 Å². The third kappa shape index (κ3) is 4.75. The molecule has 27 heavy (non-hydrogen) atoms. The molecular formula is C20H22FN3O3. The predicted molar refractivity (Wildman–Crippen MR) is 101 cm³/mol. The Hall–Kier alpha value is -3.09. The van der Waals surface area contributed by atoms with Gasteiger partial charge in [-0.05, 0) is 36.4 Å². The highest BCUT2D eigenvalue weighted by molar-refractivity contribution is 5.96. The van der Waals surface area contributed by atoms with Gasteiger partial charge in [0, 0.05) is 43.5 Å². The van der Waals surface area contributed by atoms with E-state index in [1.165, 1.54) is 24.3 Å². The third-order valence-electron chi connectivity index (χ3n) is 4.56. The predicted octanol–water partition coefficient (Wildman–Crippen LogP) is 1.91. The van der Waals surface area contributed by atoms with E-state index in [4.69, 9.17) is 4.74 Å². The maximum Gasteiger partial charge on any atom is 0.251 e. The number of carbonyl (C=O) groups excluding carboxylic acids is 2. The van der Waals surface area contributed by atoms with Crippen molar-refractivity contribution in [3.63, 3.8) is 0 Å². The number of carbonyl (C=O) groups is 2. The highest BCUT2D eigenvalue weighted by atomic mass is 19.1. The van der Waals surface area contributed by atoms with E-state index >= 15 is 0 Å². The summed E-state index contributed by atoms with van der Waals surface area (Å²) in [5.74, 6) is -0.125. The summed E-state index contributed by atoms with van der Waals surface area (Å²) in [6.45, 7) is 2.52. The molecule has 0 unspecified atom stereocenters. The standard InChI is InChI=1S/C20H22FN3O3/c1-27-18-4-2-3-17(13-18)23-9-11-24(12-10-23)19(25)14-22-20(26)15-5-7-16(21)8-6-15/h2-8,13H,9-12,14H2,1H3,(H,22,26). The number of hydrogen-bond acceptors (Lipinski definition) is 4. The molecule has 142 valence electrons. The molecule has 1 fully saturated rings. The number of benzene rings is 2. The normalized spacial score (nSPS) is 14.0. The second-order valence-electron chi connectivity index (χ2n) is 6.26. The van der Waals surface area contributed by atoms with Gasteiger partial charge in [0.25, 0.3) is 5.91 Å². The van der Waals surface area contributed by atoms with Crippen molar-refractivity contribution < 1.29 is 18.7 Å². The Morgan fingerprint density at radius 1 is 1.07 bits per heavy atom. The van der Waals surface area contributed by atoms with E-state index in [0.29, 0.717) is 31.7 Å². The lowest BCUT2D eigenvalue weighted by atomic mass is 10.2. The Balaban J connectivity index is 1.48. The van der Waals surface area contributed by atoms with E-state index in [1.807, 2.05) is 24.3 Å². The molecule has 7 heteroatoms. The average Bonchev–Trinajstić information content (AvgIpc) is 2.72. The molecule has 2 aromatic carbocycles. The van der Waals surface area contributed by atoms with Gasteiger partial charge in [-0.1, -0.05) is 6.07 Å². The van der Waals surface area contributed by atoms with E-state index in [1.54, 1.807) is 12.0 Å². The number of methoxy groups -OCH3 is 1. The second kappa shape index (κ2) is 8.53. The maximum absolute atomic E-state index is 12.9. The number of nitrogens with one attached hydrogen (secondary N) is 1. The average molecular weight is 371 g/mol. The van der Waals surface area contributed by atoms with E-state index in [2.05, 4.69) is 10.2 Å². The maximum atomic E-state index is 12.9. The lowest BCUT2D eigenvalue weighted by molar-refractivity contribution is -0.130. The minimum Gasteiger partial charge on any atom is -0.497 e. The molecule has 2 amide bonds. The van der Waals surface area contributed by atoms with Gasteiger partial charge in [-0.3, -0.25) is 9.59 Å². The van der Waals surface area contributed by atoms with E-state index in [0.717, 1.165) is 11.4 Å². The van der Waals surface area contributed by atoms with Gasteiger partial charge in [-0.15, -0.1) is 0 Å². The summed E-state index contributed by atoms with van der Waals surface area (Å²) in [6, 6.07) is 13.0. The lowest BCUT2D eigenvalue weighted by Gasteiger charge is -2.36. The first-order chi connectivity index (χ1) is 13.1. The van der Waals surface area contributed by atoms with Crippen LogP contribution in [0.15, 0.2) is 48.5 Å². The highest BCUT2D eigenvalue weighted by Gasteiger charge is 2.22. The van der Waals surface area contributed by atoms with Crippen molar-refractivity contribution in [3.8, 4) is 5.75 Å². The minimum atomic E-state index is -0.406. The number of anilines is 1. The molecule has 0 aliphatic carbocycles. The van der Waals surface area contributed by atoms with Gasteiger partial charge < -0.3 is 19.9 Å². The zero-order valence-corrected chi connectivity index (χ0v) is 15.2. The molecule has 0 aromatic heterocycles. The van der Waals surface area contributed by atoms with E-state index in [9.17, 15) is 14.0 Å². The molecule has 2 aromatic rings. The summed E-state index contributed by atoms with van der Waals surface area (Å²) in [7, 11) is 1.63. The van der Waals surface area contributed by atoms with Crippen LogP contribution >= 0.6 is 0 Å². The molecule has 1 saturated heterocycles. The number of ether oxygens (including phenoxy) is 1. The molecule has 0 saturated carbocycles. The molecule has 0 spiro atoms. The van der Waals surface area contributed by atoms with Crippen LogP contribution in [0.25, 0.3) is 0 Å². The number of amides is 2. The molecule has 1 N–H and O–H groups in total. The molecule has 1 aliphatic rings. The van der Waals surface area contributed by atoms with Crippen LogP contribution in [-0.2, 0) is 4.79 Å². The Morgan fingerprint density at radius 2 is 1.78 bits per heavy atom. The van der Waals surface area contributed by atoms with Crippen LogP contribution in [0, 0.1) is 5.82 Å². The van der Waals surface area contributed by atoms with Crippen LogP contribution in [-0.4, -0.2) is 56.5 Å². The van der Waals surface area contributed by atoms with Crippen LogP contribution in [0.2, 0.25) is 0 Å². The van der Waals surface area contributed by atoms with Crippen molar-refractivity contribution >= 4 is 17.5 Å². The Morgan fingerprint density at radius 3 is 2.44 bits per heavy atom. The molecule has 0 bridgehead atoms. The monoisotopic (exact) mass is 371 g/mol. The minimum absolute atomic E-state index is 0.0740. The van der Waals surface area contributed by atoms with E-state index in [-0.39, 0.29) is 12.5 Å². The molecular weight excluding hydrogens is 349 g/mol. The molecule has 3 rings (SSSR count). The fourth-order valence-corrected chi connectivity index (χ4v) is 2.99.